The molecular weight excluding hydrogens is 252 g/mol. The molecule has 1 saturated carbocycles. The van der Waals surface area contributed by atoms with Crippen LogP contribution in [-0.2, 0) is 9.59 Å². The average Bonchev–Trinajstić information content (AvgIpc) is 2.56. The van der Waals surface area contributed by atoms with E-state index in [0.717, 1.165) is 38.5 Å². The average molecular weight is 272 g/mol. The third kappa shape index (κ3) is 6.08. The molecule has 7 nitrogen and oxygen atoms in total. The first-order valence-electron chi connectivity index (χ1n) is 6.50. The molecule has 2 amide bonds. The first-order valence-corrected chi connectivity index (χ1v) is 6.50. The molecule has 0 aromatic heterocycles. The van der Waals surface area contributed by atoms with Gasteiger partial charge in [0.25, 0.3) is 0 Å². The van der Waals surface area contributed by atoms with Crippen molar-refractivity contribution in [1.29, 1.82) is 0 Å². The van der Waals surface area contributed by atoms with Gasteiger partial charge in [0.05, 0.1) is 6.42 Å². The quantitative estimate of drug-likeness (QED) is 0.556. The number of carboxylic acids is 2. The molecule has 0 spiro atoms. The largest absolute Gasteiger partial charge is 0.481 e. The molecule has 0 bridgehead atoms. The number of carboxylic acid groups (broad SMARTS) is 2. The maximum absolute atomic E-state index is 11.6. The Hall–Kier alpha value is -1.79. The predicted octanol–water partition coefficient (Wildman–Crippen LogP) is 0.936. The monoisotopic (exact) mass is 272 g/mol. The van der Waals surface area contributed by atoms with Gasteiger partial charge in [-0.1, -0.05) is 25.7 Å². The van der Waals surface area contributed by atoms with Crippen LogP contribution in [0.5, 0.6) is 0 Å². The fourth-order valence-electron chi connectivity index (χ4n) is 2.18. The number of amides is 2. The molecule has 4 N–H and O–H groups in total. The second kappa shape index (κ2) is 7.60. The van der Waals surface area contributed by atoms with Crippen molar-refractivity contribution in [2.24, 2.45) is 0 Å². The van der Waals surface area contributed by atoms with Gasteiger partial charge in [0.2, 0.25) is 0 Å². The summed E-state index contributed by atoms with van der Waals surface area (Å²) >= 11 is 0. The van der Waals surface area contributed by atoms with Gasteiger partial charge >= 0.3 is 18.0 Å². The van der Waals surface area contributed by atoms with Crippen molar-refractivity contribution in [3.8, 4) is 0 Å². The molecule has 108 valence electrons. The number of aliphatic carboxylic acids is 2. The maximum atomic E-state index is 11.6. The Morgan fingerprint density at radius 3 is 2.11 bits per heavy atom. The number of rotatable bonds is 5. The minimum absolute atomic E-state index is 0.0433. The minimum atomic E-state index is -1.40. The van der Waals surface area contributed by atoms with Crippen LogP contribution in [0.15, 0.2) is 0 Å². The Kier molecular flexibility index (Phi) is 6.11. The summed E-state index contributed by atoms with van der Waals surface area (Å²) in [4.78, 5) is 32.9. The fourth-order valence-corrected chi connectivity index (χ4v) is 2.18. The summed E-state index contributed by atoms with van der Waals surface area (Å²) < 4.78 is 0. The zero-order valence-corrected chi connectivity index (χ0v) is 10.7. The molecular formula is C12H20N2O5. The summed E-state index contributed by atoms with van der Waals surface area (Å²) in [5.74, 6) is -2.61. The van der Waals surface area contributed by atoms with Crippen LogP contribution in [0.25, 0.3) is 0 Å². The lowest BCUT2D eigenvalue weighted by atomic mass is 10.1. The molecule has 0 saturated heterocycles. The van der Waals surface area contributed by atoms with Gasteiger partial charge in [0.15, 0.2) is 0 Å². The summed E-state index contributed by atoms with van der Waals surface area (Å²) in [6.07, 6.45) is 5.51. The Bertz CT molecular complexity index is 337. The predicted molar refractivity (Wildman–Crippen MR) is 66.8 cm³/mol. The molecule has 19 heavy (non-hydrogen) atoms. The summed E-state index contributed by atoms with van der Waals surface area (Å²) in [6, 6.07) is -1.97. The third-order valence-electron chi connectivity index (χ3n) is 3.17. The van der Waals surface area contributed by atoms with Crippen LogP contribution in [-0.4, -0.2) is 40.3 Å². The molecule has 1 aliphatic rings. The van der Waals surface area contributed by atoms with Crippen LogP contribution in [0.3, 0.4) is 0 Å². The summed E-state index contributed by atoms with van der Waals surface area (Å²) in [6.45, 7) is 0. The molecule has 0 aliphatic heterocycles. The van der Waals surface area contributed by atoms with Gasteiger partial charge in [-0.25, -0.2) is 9.59 Å². The van der Waals surface area contributed by atoms with Gasteiger partial charge in [-0.2, -0.15) is 0 Å². The molecule has 1 rings (SSSR count). The molecule has 1 aliphatic carbocycles. The van der Waals surface area contributed by atoms with E-state index in [4.69, 9.17) is 10.2 Å². The first kappa shape index (κ1) is 15.3. The number of nitrogens with one attached hydrogen (secondary N) is 2. The van der Waals surface area contributed by atoms with Crippen molar-refractivity contribution in [1.82, 2.24) is 10.6 Å². The van der Waals surface area contributed by atoms with E-state index in [-0.39, 0.29) is 6.04 Å². The second-order valence-corrected chi connectivity index (χ2v) is 4.79. The first-order chi connectivity index (χ1) is 8.99. The topological polar surface area (TPSA) is 116 Å². The van der Waals surface area contributed by atoms with E-state index in [9.17, 15) is 14.4 Å². The number of hydrogen-bond donors (Lipinski definition) is 4. The highest BCUT2D eigenvalue weighted by Crippen LogP contribution is 2.17. The van der Waals surface area contributed by atoms with Crippen molar-refractivity contribution in [3.63, 3.8) is 0 Å². The van der Waals surface area contributed by atoms with E-state index in [1.54, 1.807) is 0 Å². The molecule has 1 fully saturated rings. The molecule has 0 heterocycles. The van der Waals surface area contributed by atoms with Gasteiger partial charge in [0.1, 0.15) is 6.04 Å². The highest BCUT2D eigenvalue weighted by Gasteiger charge is 2.24. The van der Waals surface area contributed by atoms with Gasteiger partial charge in [-0.15, -0.1) is 0 Å². The van der Waals surface area contributed by atoms with Crippen LogP contribution in [0.2, 0.25) is 0 Å². The molecule has 1 atom stereocenters. The summed E-state index contributed by atoms with van der Waals surface area (Å²) in [5, 5.41) is 22.3. The van der Waals surface area contributed by atoms with Crippen molar-refractivity contribution >= 4 is 18.0 Å². The van der Waals surface area contributed by atoms with E-state index in [0.29, 0.717) is 0 Å². The van der Waals surface area contributed by atoms with Gasteiger partial charge in [-0.05, 0) is 12.8 Å². The molecule has 0 radical (unpaired) electrons. The zero-order valence-electron chi connectivity index (χ0n) is 10.7. The van der Waals surface area contributed by atoms with Gasteiger partial charge in [0, 0.05) is 6.04 Å². The van der Waals surface area contributed by atoms with E-state index < -0.39 is 30.4 Å². The smallest absolute Gasteiger partial charge is 0.326 e. The van der Waals surface area contributed by atoms with Crippen LogP contribution in [0.4, 0.5) is 4.79 Å². The third-order valence-corrected chi connectivity index (χ3v) is 3.17. The van der Waals surface area contributed by atoms with Crippen LogP contribution in [0.1, 0.15) is 44.9 Å². The zero-order chi connectivity index (χ0) is 14.3. The normalized spacial score (nSPS) is 18.1. The molecule has 0 unspecified atom stereocenters. The number of hydrogen-bond acceptors (Lipinski definition) is 3. The van der Waals surface area contributed by atoms with Crippen molar-refractivity contribution in [2.75, 3.05) is 0 Å². The van der Waals surface area contributed by atoms with E-state index in [2.05, 4.69) is 10.6 Å². The van der Waals surface area contributed by atoms with Crippen LogP contribution < -0.4 is 10.6 Å². The standard InChI is InChI=1S/C12H20N2O5/c15-10(16)7-9(11(17)18)14-12(19)13-8-5-3-1-2-4-6-8/h8-9H,1-7H2,(H,15,16)(H,17,18)(H2,13,14,19)/t9-/m0/s1. The molecule has 0 aromatic carbocycles. The van der Waals surface area contributed by atoms with Crippen molar-refractivity contribution in [2.45, 2.75) is 57.0 Å². The second-order valence-electron chi connectivity index (χ2n) is 4.79. The Morgan fingerprint density at radius 1 is 1.05 bits per heavy atom. The molecule has 0 aromatic rings. The number of carbonyl (C=O) groups excluding carboxylic acids is 1. The SMILES string of the molecule is O=C(O)C[C@H](NC(=O)NC1CCCCCC1)C(=O)O. The number of urea groups is 1. The highest BCUT2D eigenvalue weighted by molar-refractivity contribution is 5.86. The Labute approximate surface area is 111 Å². The Balaban J connectivity index is 2.42. The van der Waals surface area contributed by atoms with Crippen LogP contribution >= 0.6 is 0 Å². The highest BCUT2D eigenvalue weighted by atomic mass is 16.4. The number of carbonyl (C=O) groups is 3. The fraction of sp³-hybridized carbons (Fsp3) is 0.750. The Morgan fingerprint density at radius 2 is 1.63 bits per heavy atom. The van der Waals surface area contributed by atoms with Gasteiger partial charge in [-0.3, -0.25) is 4.79 Å². The minimum Gasteiger partial charge on any atom is -0.481 e. The van der Waals surface area contributed by atoms with Gasteiger partial charge < -0.3 is 20.8 Å². The molecule has 7 heteroatoms. The lowest BCUT2D eigenvalue weighted by molar-refractivity contribution is -0.145. The van der Waals surface area contributed by atoms with E-state index in [1.807, 2.05) is 0 Å². The van der Waals surface area contributed by atoms with E-state index in [1.165, 1.54) is 0 Å². The maximum Gasteiger partial charge on any atom is 0.326 e. The van der Waals surface area contributed by atoms with E-state index >= 15 is 0 Å². The van der Waals surface area contributed by atoms with Crippen LogP contribution in [0, 0.1) is 0 Å². The lowest BCUT2D eigenvalue weighted by Crippen LogP contribution is -2.49. The van der Waals surface area contributed by atoms with Crippen molar-refractivity contribution < 1.29 is 24.6 Å². The lowest BCUT2D eigenvalue weighted by Gasteiger charge is -2.19. The summed E-state index contributed by atoms with van der Waals surface area (Å²) in [7, 11) is 0. The van der Waals surface area contributed by atoms with Crippen molar-refractivity contribution in [3.05, 3.63) is 0 Å². The summed E-state index contributed by atoms with van der Waals surface area (Å²) in [5.41, 5.74) is 0.